The lowest BCUT2D eigenvalue weighted by Gasteiger charge is -2.67. The second-order valence-corrected chi connectivity index (χ2v) is 14.4. The molecule has 0 radical (unpaired) electrons. The van der Waals surface area contributed by atoms with Crippen molar-refractivity contribution in [3.05, 3.63) is 23.8 Å². The summed E-state index contributed by atoms with van der Waals surface area (Å²) in [7, 11) is 1.90. The van der Waals surface area contributed by atoms with Crippen molar-refractivity contribution < 1.29 is 14.9 Å². The van der Waals surface area contributed by atoms with E-state index in [2.05, 4.69) is 53.7 Å². The molecule has 0 amide bonds. The van der Waals surface area contributed by atoms with E-state index in [9.17, 15) is 10.2 Å². The van der Waals surface area contributed by atoms with Crippen LogP contribution in [0.2, 0.25) is 0 Å². The molecule has 3 unspecified atom stereocenters. The van der Waals surface area contributed by atoms with E-state index in [1.807, 2.05) is 27.0 Å². The molecule has 0 aliphatic heterocycles. The molecule has 194 valence electrons. The smallest absolute Gasteiger partial charge is 0.0793 e. The molecule has 0 aromatic rings. The first-order valence-corrected chi connectivity index (χ1v) is 13.9. The summed E-state index contributed by atoms with van der Waals surface area (Å²) in [4.78, 5) is 0. The molecule has 3 heteroatoms. The molecule has 0 saturated heterocycles. The van der Waals surface area contributed by atoms with E-state index in [0.717, 1.165) is 19.3 Å². The second kappa shape index (κ2) is 8.45. The Kier molecular flexibility index (Phi) is 6.57. The molecule has 2 N–H and O–H groups in total. The lowest BCUT2D eigenvalue weighted by atomic mass is 9.38. The molecule has 3 fully saturated rings. The number of hydrogen-bond donors (Lipinski definition) is 2. The third kappa shape index (κ3) is 3.79. The maximum Gasteiger partial charge on any atom is 0.0793 e. The van der Waals surface area contributed by atoms with Crippen LogP contribution in [0.25, 0.3) is 0 Å². The fourth-order valence-electron chi connectivity index (χ4n) is 9.63. The predicted molar refractivity (Wildman–Crippen MR) is 140 cm³/mol. The maximum absolute atomic E-state index is 10.9. The van der Waals surface area contributed by atoms with Crippen LogP contribution in [-0.2, 0) is 4.74 Å². The summed E-state index contributed by atoms with van der Waals surface area (Å²) in [6.07, 6.45) is 14.6. The fourth-order valence-corrected chi connectivity index (χ4v) is 9.63. The first kappa shape index (κ1) is 26.4. The van der Waals surface area contributed by atoms with Gasteiger partial charge >= 0.3 is 0 Å². The molecule has 4 aliphatic rings. The summed E-state index contributed by atoms with van der Waals surface area (Å²) < 4.78 is 6.32. The highest BCUT2D eigenvalue weighted by molar-refractivity contribution is 5.32. The van der Waals surface area contributed by atoms with Gasteiger partial charge in [-0.2, -0.15) is 0 Å². The largest absolute Gasteiger partial charge is 0.392 e. The minimum atomic E-state index is -0.736. The van der Waals surface area contributed by atoms with Crippen molar-refractivity contribution >= 4 is 0 Å². The number of hydrogen-bond acceptors (Lipinski definition) is 3. The molecular formula is C31H52O3. The van der Waals surface area contributed by atoms with E-state index in [1.54, 1.807) is 0 Å². The summed E-state index contributed by atoms with van der Waals surface area (Å²) >= 11 is 0. The quantitative estimate of drug-likeness (QED) is 0.427. The van der Waals surface area contributed by atoms with Gasteiger partial charge in [-0.05, 0) is 92.8 Å². The van der Waals surface area contributed by atoms with Gasteiger partial charge in [0.1, 0.15) is 0 Å². The van der Waals surface area contributed by atoms with Crippen molar-refractivity contribution in [3.63, 3.8) is 0 Å². The Bertz CT molecular complexity index is 834. The molecule has 0 bridgehead atoms. The Morgan fingerprint density at radius 3 is 2.35 bits per heavy atom. The van der Waals surface area contributed by atoms with Gasteiger partial charge in [-0.3, -0.25) is 0 Å². The number of aliphatic hydroxyl groups excluding tert-OH is 1. The minimum absolute atomic E-state index is 0.120. The van der Waals surface area contributed by atoms with Crippen molar-refractivity contribution in [2.45, 2.75) is 118 Å². The Labute approximate surface area is 209 Å². The van der Waals surface area contributed by atoms with Crippen LogP contribution < -0.4 is 0 Å². The van der Waals surface area contributed by atoms with Gasteiger partial charge in [0, 0.05) is 18.4 Å². The first-order valence-electron chi connectivity index (χ1n) is 13.9. The van der Waals surface area contributed by atoms with Crippen molar-refractivity contribution in [3.8, 4) is 0 Å². The normalized spacial score (nSPS) is 47.0. The topological polar surface area (TPSA) is 49.7 Å². The monoisotopic (exact) mass is 472 g/mol. The highest BCUT2D eigenvalue weighted by Crippen LogP contribution is 2.75. The van der Waals surface area contributed by atoms with Crippen LogP contribution in [0, 0.1) is 45.3 Å². The van der Waals surface area contributed by atoms with Crippen LogP contribution in [0.1, 0.15) is 100 Å². The lowest BCUT2D eigenvalue weighted by molar-refractivity contribution is -0.182. The first-order chi connectivity index (χ1) is 15.6. The predicted octanol–water partition coefficient (Wildman–Crippen LogP) is 6.93. The highest BCUT2D eigenvalue weighted by atomic mass is 16.5. The van der Waals surface area contributed by atoms with Crippen molar-refractivity contribution in [1.29, 1.82) is 0 Å². The Hall–Kier alpha value is -0.640. The maximum atomic E-state index is 10.9. The SMILES string of the molecule is CO[C@H]1C=C2C(CC[C@H](O)C2(C)C)[C@]2(C)CC[C@]3(C)C([C@H](C)C/C=C/C(C)(C)O)CC[C@@]3(C)C12. The van der Waals surface area contributed by atoms with Crippen LogP contribution in [0.3, 0.4) is 0 Å². The van der Waals surface area contributed by atoms with Crippen LogP contribution in [0.15, 0.2) is 23.8 Å². The van der Waals surface area contributed by atoms with Crippen LogP contribution in [0.5, 0.6) is 0 Å². The summed E-state index contributed by atoms with van der Waals surface area (Å²) in [6, 6.07) is 0. The van der Waals surface area contributed by atoms with Crippen LogP contribution >= 0.6 is 0 Å². The lowest BCUT2D eigenvalue weighted by Crippen LogP contribution is -2.63. The standard InChI is InChI=1S/C31H52O3/c1-20(11-10-15-27(2,3)33)21-14-16-31(8)26-24(34-9)19-23-22(12-13-25(32)28(23,4)5)29(26,6)17-18-30(21,31)7/h10,15,19-22,24-26,32-33H,11-14,16-18H2,1-9H3/b15-10+/t20-,21?,22?,24+,25+,26?,29+,30-,31+/m1/s1. The number of ether oxygens (including phenoxy) is 1. The molecular weight excluding hydrogens is 420 g/mol. The molecule has 9 atom stereocenters. The zero-order valence-electron chi connectivity index (χ0n) is 23.4. The minimum Gasteiger partial charge on any atom is -0.392 e. The van der Waals surface area contributed by atoms with E-state index < -0.39 is 5.60 Å². The number of fused-ring (bicyclic) bond motifs is 5. The fraction of sp³-hybridized carbons (Fsp3) is 0.871. The Morgan fingerprint density at radius 1 is 1.06 bits per heavy atom. The molecule has 0 aromatic heterocycles. The van der Waals surface area contributed by atoms with Crippen molar-refractivity contribution in [2.24, 2.45) is 45.3 Å². The molecule has 4 aliphatic carbocycles. The average Bonchev–Trinajstić information content (AvgIpc) is 3.00. The van der Waals surface area contributed by atoms with Gasteiger partial charge in [0.2, 0.25) is 0 Å². The zero-order chi connectivity index (χ0) is 25.3. The highest BCUT2D eigenvalue weighted by Gasteiger charge is 2.69. The number of allylic oxidation sites excluding steroid dienone is 1. The molecule has 0 heterocycles. The molecule has 34 heavy (non-hydrogen) atoms. The summed E-state index contributed by atoms with van der Waals surface area (Å²) in [5, 5.41) is 21.0. The molecule has 3 saturated carbocycles. The van der Waals surface area contributed by atoms with Gasteiger partial charge in [-0.25, -0.2) is 0 Å². The summed E-state index contributed by atoms with van der Waals surface area (Å²) in [5.74, 6) is 2.36. The van der Waals surface area contributed by atoms with E-state index >= 15 is 0 Å². The molecule has 4 rings (SSSR count). The number of aliphatic hydroxyl groups is 2. The van der Waals surface area contributed by atoms with Crippen LogP contribution in [-0.4, -0.2) is 35.1 Å². The van der Waals surface area contributed by atoms with E-state index in [4.69, 9.17) is 4.74 Å². The van der Waals surface area contributed by atoms with Crippen molar-refractivity contribution in [2.75, 3.05) is 7.11 Å². The molecule has 0 aromatic carbocycles. The van der Waals surface area contributed by atoms with E-state index in [0.29, 0.717) is 29.1 Å². The Balaban J connectivity index is 1.69. The molecule has 3 nitrogen and oxygen atoms in total. The average molecular weight is 473 g/mol. The van der Waals surface area contributed by atoms with Gasteiger partial charge in [0.25, 0.3) is 0 Å². The summed E-state index contributed by atoms with van der Waals surface area (Å²) in [5.41, 5.74) is 1.31. The van der Waals surface area contributed by atoms with Crippen LogP contribution in [0.4, 0.5) is 0 Å². The van der Waals surface area contributed by atoms with Gasteiger partial charge < -0.3 is 14.9 Å². The van der Waals surface area contributed by atoms with Crippen molar-refractivity contribution in [1.82, 2.24) is 0 Å². The van der Waals surface area contributed by atoms with E-state index in [-0.39, 0.29) is 28.5 Å². The number of rotatable bonds is 5. The Morgan fingerprint density at radius 2 is 1.74 bits per heavy atom. The van der Waals surface area contributed by atoms with Gasteiger partial charge in [0.05, 0.1) is 17.8 Å². The third-order valence-electron chi connectivity index (χ3n) is 11.8. The van der Waals surface area contributed by atoms with E-state index in [1.165, 1.54) is 31.3 Å². The zero-order valence-corrected chi connectivity index (χ0v) is 23.4. The number of methoxy groups -OCH3 is 1. The van der Waals surface area contributed by atoms with Gasteiger partial charge in [-0.15, -0.1) is 0 Å². The van der Waals surface area contributed by atoms with Gasteiger partial charge in [-0.1, -0.05) is 65.3 Å². The summed E-state index contributed by atoms with van der Waals surface area (Å²) in [6.45, 7) is 18.4. The second-order valence-electron chi connectivity index (χ2n) is 14.4. The third-order valence-corrected chi connectivity index (χ3v) is 11.8. The molecule has 0 spiro atoms. The van der Waals surface area contributed by atoms with Gasteiger partial charge in [0.15, 0.2) is 0 Å².